The molecule has 9 nitrogen and oxygen atoms in total. The molecule has 0 aromatic carbocycles. The second-order valence-electron chi connectivity index (χ2n) is 3.93. The van der Waals surface area contributed by atoms with Crippen LogP contribution in [0.3, 0.4) is 0 Å². The van der Waals surface area contributed by atoms with Gasteiger partial charge in [0.1, 0.15) is 18.2 Å². The predicted octanol–water partition coefficient (Wildman–Crippen LogP) is -1.29. The number of rotatable bonds is 4. The Bertz CT molecular complexity index is 371. The summed E-state index contributed by atoms with van der Waals surface area (Å²) in [6.45, 7) is 0.415. The van der Waals surface area contributed by atoms with Crippen LogP contribution in [-0.2, 0) is 14.3 Å². The summed E-state index contributed by atoms with van der Waals surface area (Å²) in [5.41, 5.74) is 8.45. The first-order chi connectivity index (χ1) is 8.42. The molecule has 18 heavy (non-hydrogen) atoms. The summed E-state index contributed by atoms with van der Waals surface area (Å²) in [5, 5.41) is 32.2. The maximum Gasteiger partial charge on any atom is 0.237 e. The molecule has 0 aliphatic carbocycles. The third-order valence-electron chi connectivity index (χ3n) is 2.89. The molecule has 102 valence electrons. The number of ether oxygens (including phenoxy) is 2. The highest BCUT2D eigenvalue weighted by Gasteiger charge is 2.56. The number of hydrogen-bond acceptors (Lipinski definition) is 7. The van der Waals surface area contributed by atoms with Crippen LogP contribution >= 0.6 is 0 Å². The van der Waals surface area contributed by atoms with E-state index in [-0.39, 0.29) is 0 Å². The Kier molecular flexibility index (Phi) is 4.63. The monoisotopic (exact) mass is 261 g/mol. The minimum Gasteiger partial charge on any atom is -0.394 e. The van der Waals surface area contributed by atoms with Crippen LogP contribution in [0.15, 0.2) is 5.11 Å². The summed E-state index contributed by atoms with van der Waals surface area (Å²) in [5.74, 6) is -3.24. The van der Waals surface area contributed by atoms with Gasteiger partial charge in [-0.1, -0.05) is 5.11 Å². The van der Waals surface area contributed by atoms with E-state index in [0.29, 0.717) is 0 Å². The summed E-state index contributed by atoms with van der Waals surface area (Å²) in [6, 6.07) is -1.44. The lowest BCUT2D eigenvalue weighted by Crippen LogP contribution is -2.67. The fourth-order valence-corrected chi connectivity index (χ4v) is 1.90. The number of aliphatic hydroxyl groups is 3. The van der Waals surface area contributed by atoms with E-state index >= 15 is 0 Å². The van der Waals surface area contributed by atoms with Gasteiger partial charge in [0.15, 0.2) is 5.78 Å². The summed E-state index contributed by atoms with van der Waals surface area (Å²) >= 11 is 0. The lowest BCUT2D eigenvalue weighted by molar-refractivity contribution is -0.299. The standard InChI is InChI=1S/C9H15N3O6/c1-4(14)9(16)8(11-12-10)7(17-2)6(15)5(3-13)18-9/h5-8,13,15-16H,3H2,1-2H3/t5-,6-,7+,8-,9?/m1/s1. The Morgan fingerprint density at radius 2 is 2.28 bits per heavy atom. The molecule has 0 radical (unpaired) electrons. The van der Waals surface area contributed by atoms with Crippen molar-refractivity contribution in [3.05, 3.63) is 10.4 Å². The fraction of sp³-hybridized carbons (Fsp3) is 0.889. The Hall–Kier alpha value is -1.22. The van der Waals surface area contributed by atoms with Crippen molar-refractivity contribution in [3.63, 3.8) is 0 Å². The summed E-state index contributed by atoms with van der Waals surface area (Å²) in [7, 11) is 1.22. The fourth-order valence-electron chi connectivity index (χ4n) is 1.90. The molecule has 5 atom stereocenters. The number of aliphatic hydroxyl groups excluding tert-OH is 2. The van der Waals surface area contributed by atoms with E-state index in [2.05, 4.69) is 10.0 Å². The van der Waals surface area contributed by atoms with Crippen LogP contribution in [0, 0.1) is 0 Å². The van der Waals surface area contributed by atoms with E-state index in [4.69, 9.17) is 20.1 Å². The summed E-state index contributed by atoms with van der Waals surface area (Å²) < 4.78 is 9.88. The normalized spacial score (nSPS) is 40.1. The van der Waals surface area contributed by atoms with Crippen molar-refractivity contribution in [1.82, 2.24) is 0 Å². The molecule has 1 aliphatic rings. The molecule has 1 rings (SSSR count). The quantitative estimate of drug-likeness (QED) is 0.326. The van der Waals surface area contributed by atoms with Crippen LogP contribution in [0.4, 0.5) is 0 Å². The first kappa shape index (κ1) is 14.8. The van der Waals surface area contributed by atoms with Gasteiger partial charge in [-0.15, -0.1) is 0 Å². The molecule has 0 spiro atoms. The van der Waals surface area contributed by atoms with Gasteiger partial charge in [0.2, 0.25) is 5.79 Å². The number of ketones is 1. The van der Waals surface area contributed by atoms with Gasteiger partial charge >= 0.3 is 0 Å². The highest BCUT2D eigenvalue weighted by Crippen LogP contribution is 2.32. The minimum atomic E-state index is -2.43. The first-order valence-corrected chi connectivity index (χ1v) is 5.19. The van der Waals surface area contributed by atoms with E-state index in [9.17, 15) is 15.0 Å². The van der Waals surface area contributed by atoms with Gasteiger partial charge in [-0.05, 0) is 5.53 Å². The molecule has 0 saturated carbocycles. The van der Waals surface area contributed by atoms with Crippen molar-refractivity contribution in [2.45, 2.75) is 37.1 Å². The Morgan fingerprint density at radius 3 is 2.67 bits per heavy atom. The van der Waals surface area contributed by atoms with Gasteiger partial charge in [0.05, 0.1) is 12.7 Å². The predicted molar refractivity (Wildman–Crippen MR) is 57.3 cm³/mol. The molecule has 0 amide bonds. The number of hydrogen-bond donors (Lipinski definition) is 3. The van der Waals surface area contributed by atoms with Crippen LogP contribution in [0.5, 0.6) is 0 Å². The summed E-state index contributed by atoms with van der Waals surface area (Å²) in [6.07, 6.45) is -3.72. The lowest BCUT2D eigenvalue weighted by Gasteiger charge is -2.45. The third kappa shape index (κ3) is 2.32. The van der Waals surface area contributed by atoms with Crippen LogP contribution in [0.1, 0.15) is 6.92 Å². The molecule has 1 aliphatic heterocycles. The van der Waals surface area contributed by atoms with Crippen LogP contribution in [0.2, 0.25) is 0 Å². The molecular weight excluding hydrogens is 246 g/mol. The Balaban J connectivity index is 3.22. The third-order valence-corrected chi connectivity index (χ3v) is 2.89. The zero-order chi connectivity index (χ0) is 13.9. The maximum atomic E-state index is 11.5. The molecule has 0 aromatic heterocycles. The Morgan fingerprint density at radius 1 is 1.67 bits per heavy atom. The van der Waals surface area contributed by atoms with E-state index < -0.39 is 42.5 Å². The van der Waals surface area contributed by atoms with Crippen molar-refractivity contribution >= 4 is 5.78 Å². The number of carbonyl (C=O) groups excluding carboxylic acids is 1. The molecule has 0 bridgehead atoms. The Labute approximate surface area is 103 Å². The molecule has 1 saturated heterocycles. The van der Waals surface area contributed by atoms with E-state index in [0.717, 1.165) is 6.92 Å². The number of nitrogens with zero attached hydrogens (tertiary/aromatic N) is 3. The van der Waals surface area contributed by atoms with Crippen molar-refractivity contribution in [3.8, 4) is 0 Å². The molecule has 0 aromatic rings. The van der Waals surface area contributed by atoms with Gasteiger partial charge in [-0.25, -0.2) is 0 Å². The lowest BCUT2D eigenvalue weighted by atomic mass is 9.88. The zero-order valence-corrected chi connectivity index (χ0v) is 9.92. The summed E-state index contributed by atoms with van der Waals surface area (Å²) in [4.78, 5) is 14.0. The number of carbonyl (C=O) groups is 1. The average molecular weight is 261 g/mol. The van der Waals surface area contributed by atoms with Crippen LogP contribution < -0.4 is 0 Å². The zero-order valence-electron chi connectivity index (χ0n) is 9.92. The molecular formula is C9H15N3O6. The van der Waals surface area contributed by atoms with E-state index in [1.165, 1.54) is 7.11 Å². The number of methoxy groups -OCH3 is 1. The number of Topliss-reactive ketones (excluding diaryl/α,β-unsaturated/α-hetero) is 1. The molecule has 9 heteroatoms. The first-order valence-electron chi connectivity index (χ1n) is 5.19. The minimum absolute atomic E-state index is 0.625. The van der Waals surface area contributed by atoms with Gasteiger partial charge in [0, 0.05) is 18.9 Å². The largest absolute Gasteiger partial charge is 0.394 e. The highest BCUT2D eigenvalue weighted by molar-refractivity contribution is 5.84. The van der Waals surface area contributed by atoms with E-state index in [1.807, 2.05) is 0 Å². The van der Waals surface area contributed by atoms with Crippen LogP contribution in [-0.4, -0.2) is 65.0 Å². The maximum absolute atomic E-state index is 11.5. The highest BCUT2D eigenvalue weighted by atomic mass is 16.7. The van der Waals surface area contributed by atoms with Crippen molar-refractivity contribution in [1.29, 1.82) is 0 Å². The number of azide groups is 1. The smallest absolute Gasteiger partial charge is 0.237 e. The molecule has 1 fully saturated rings. The van der Waals surface area contributed by atoms with E-state index in [1.54, 1.807) is 0 Å². The van der Waals surface area contributed by atoms with Gasteiger partial charge < -0.3 is 24.8 Å². The topological polar surface area (TPSA) is 145 Å². The van der Waals surface area contributed by atoms with Crippen molar-refractivity contribution < 1.29 is 29.6 Å². The molecule has 1 unspecified atom stereocenters. The van der Waals surface area contributed by atoms with Crippen LogP contribution in [0.25, 0.3) is 10.4 Å². The van der Waals surface area contributed by atoms with Gasteiger partial charge in [-0.2, -0.15) is 0 Å². The average Bonchev–Trinajstić information content (AvgIpc) is 2.34. The van der Waals surface area contributed by atoms with Crippen molar-refractivity contribution in [2.24, 2.45) is 5.11 Å². The van der Waals surface area contributed by atoms with Gasteiger partial charge in [0.25, 0.3) is 0 Å². The second-order valence-corrected chi connectivity index (χ2v) is 3.93. The van der Waals surface area contributed by atoms with Gasteiger partial charge in [-0.3, -0.25) is 4.79 Å². The van der Waals surface area contributed by atoms with Crippen molar-refractivity contribution in [2.75, 3.05) is 13.7 Å². The molecule has 1 heterocycles. The SMILES string of the molecule is CO[C@H]1[C@H](O)[C@@H](CO)OC(O)(C(C)=O)[C@@H]1N=[N+]=[N-]. The molecule has 3 N–H and O–H groups in total. The second kappa shape index (κ2) is 5.61.